The molecule has 0 N–H and O–H groups in total. The summed E-state index contributed by atoms with van der Waals surface area (Å²) in [5.41, 5.74) is 1.29. The van der Waals surface area contributed by atoms with Crippen LogP contribution >= 0.6 is 15.9 Å². The standard InChI is InChI=1S/C13H21BrN2O/c1-15(2)7-8-16(3)10-11-5-6-13(17-4)12(14)9-11/h5-6,9H,7-8,10H2,1-4H3. The summed E-state index contributed by atoms with van der Waals surface area (Å²) in [6.07, 6.45) is 0. The van der Waals surface area contributed by atoms with Crippen LogP contribution in [-0.4, -0.2) is 51.1 Å². The SMILES string of the molecule is COc1ccc(CN(C)CCN(C)C)cc1Br. The van der Waals surface area contributed by atoms with E-state index in [1.54, 1.807) is 7.11 Å². The summed E-state index contributed by atoms with van der Waals surface area (Å²) < 4.78 is 6.23. The van der Waals surface area contributed by atoms with E-state index < -0.39 is 0 Å². The van der Waals surface area contributed by atoms with Crippen molar-refractivity contribution in [2.24, 2.45) is 0 Å². The number of ether oxygens (including phenoxy) is 1. The minimum atomic E-state index is 0.879. The average Bonchev–Trinajstić information content (AvgIpc) is 2.26. The molecule has 17 heavy (non-hydrogen) atoms. The van der Waals surface area contributed by atoms with E-state index in [1.807, 2.05) is 6.07 Å². The molecule has 1 aromatic carbocycles. The van der Waals surface area contributed by atoms with Crippen LogP contribution in [0.2, 0.25) is 0 Å². The fourth-order valence-corrected chi connectivity index (χ4v) is 2.16. The van der Waals surface area contributed by atoms with Crippen LogP contribution in [0.4, 0.5) is 0 Å². The van der Waals surface area contributed by atoms with Crippen molar-refractivity contribution in [3.63, 3.8) is 0 Å². The van der Waals surface area contributed by atoms with E-state index in [4.69, 9.17) is 4.74 Å². The molecule has 0 aliphatic carbocycles. The van der Waals surface area contributed by atoms with Gasteiger partial charge in [0.15, 0.2) is 0 Å². The Morgan fingerprint density at radius 2 is 1.88 bits per heavy atom. The highest BCUT2D eigenvalue weighted by atomic mass is 79.9. The maximum Gasteiger partial charge on any atom is 0.133 e. The summed E-state index contributed by atoms with van der Waals surface area (Å²) in [5.74, 6) is 0.879. The van der Waals surface area contributed by atoms with Gasteiger partial charge >= 0.3 is 0 Å². The molecule has 1 rings (SSSR count). The van der Waals surface area contributed by atoms with Crippen molar-refractivity contribution < 1.29 is 4.74 Å². The molecule has 4 heteroatoms. The lowest BCUT2D eigenvalue weighted by Gasteiger charge is -2.19. The summed E-state index contributed by atoms with van der Waals surface area (Å²) in [7, 11) is 8.01. The molecular weight excluding hydrogens is 280 g/mol. The van der Waals surface area contributed by atoms with Crippen LogP contribution in [0, 0.1) is 0 Å². The predicted octanol–water partition coefficient (Wildman–Crippen LogP) is 2.45. The zero-order valence-electron chi connectivity index (χ0n) is 11.0. The summed E-state index contributed by atoms with van der Waals surface area (Å²) >= 11 is 3.51. The molecule has 0 aliphatic heterocycles. The van der Waals surface area contributed by atoms with Crippen molar-refractivity contribution in [2.75, 3.05) is 41.3 Å². The summed E-state index contributed by atoms with van der Waals surface area (Å²) in [5, 5.41) is 0. The molecule has 0 aromatic heterocycles. The first-order valence-corrected chi connectivity index (χ1v) is 6.48. The van der Waals surface area contributed by atoms with Gasteiger partial charge in [-0.05, 0) is 54.8 Å². The van der Waals surface area contributed by atoms with Gasteiger partial charge in [-0.15, -0.1) is 0 Å². The number of halogens is 1. The molecule has 0 fully saturated rings. The number of nitrogens with zero attached hydrogens (tertiary/aromatic N) is 2. The molecule has 0 aliphatic rings. The Balaban J connectivity index is 2.53. The number of benzene rings is 1. The van der Waals surface area contributed by atoms with Crippen LogP contribution in [0.25, 0.3) is 0 Å². The molecule has 1 aromatic rings. The first-order valence-electron chi connectivity index (χ1n) is 5.68. The second-order valence-electron chi connectivity index (χ2n) is 4.51. The van der Waals surface area contributed by atoms with Crippen LogP contribution < -0.4 is 4.74 Å². The molecule has 0 unspecified atom stereocenters. The molecule has 0 radical (unpaired) electrons. The van der Waals surface area contributed by atoms with Crippen molar-refractivity contribution in [1.29, 1.82) is 0 Å². The fraction of sp³-hybridized carbons (Fsp3) is 0.538. The molecule has 0 heterocycles. The first-order chi connectivity index (χ1) is 8.02. The van der Waals surface area contributed by atoms with Gasteiger partial charge in [-0.25, -0.2) is 0 Å². The second kappa shape index (κ2) is 6.99. The first kappa shape index (κ1) is 14.5. The van der Waals surface area contributed by atoms with Gasteiger partial charge in [0.05, 0.1) is 11.6 Å². The highest BCUT2D eigenvalue weighted by Gasteiger charge is 2.04. The Morgan fingerprint density at radius 3 is 2.41 bits per heavy atom. The smallest absolute Gasteiger partial charge is 0.133 e. The van der Waals surface area contributed by atoms with Gasteiger partial charge < -0.3 is 14.5 Å². The monoisotopic (exact) mass is 300 g/mol. The van der Waals surface area contributed by atoms with E-state index in [9.17, 15) is 0 Å². The van der Waals surface area contributed by atoms with Gasteiger partial charge in [-0.2, -0.15) is 0 Å². The Morgan fingerprint density at radius 1 is 1.18 bits per heavy atom. The van der Waals surface area contributed by atoms with Gasteiger partial charge in [0.25, 0.3) is 0 Å². The van der Waals surface area contributed by atoms with Crippen molar-refractivity contribution >= 4 is 15.9 Å². The van der Waals surface area contributed by atoms with Gasteiger partial charge in [0, 0.05) is 19.6 Å². The van der Waals surface area contributed by atoms with Crippen LogP contribution in [-0.2, 0) is 6.54 Å². The summed E-state index contributed by atoms with van der Waals surface area (Å²) in [6.45, 7) is 3.10. The third-order valence-corrected chi connectivity index (χ3v) is 3.22. The zero-order chi connectivity index (χ0) is 12.8. The third kappa shape index (κ3) is 5.06. The predicted molar refractivity (Wildman–Crippen MR) is 75.6 cm³/mol. The average molecular weight is 301 g/mol. The number of methoxy groups -OCH3 is 1. The summed E-state index contributed by atoms with van der Waals surface area (Å²) in [6, 6.07) is 6.22. The maximum atomic E-state index is 5.22. The topological polar surface area (TPSA) is 15.7 Å². The van der Waals surface area contributed by atoms with E-state index in [-0.39, 0.29) is 0 Å². The van der Waals surface area contributed by atoms with E-state index in [1.165, 1.54) is 5.56 Å². The number of likely N-dealkylation sites (N-methyl/N-ethyl adjacent to an activating group) is 2. The molecule has 96 valence electrons. The molecule has 0 saturated heterocycles. The minimum absolute atomic E-state index is 0.879. The van der Waals surface area contributed by atoms with Gasteiger partial charge in [-0.3, -0.25) is 0 Å². The highest BCUT2D eigenvalue weighted by molar-refractivity contribution is 9.10. The van der Waals surface area contributed by atoms with E-state index in [0.29, 0.717) is 0 Å². The molecule has 0 bridgehead atoms. The lowest BCUT2D eigenvalue weighted by Crippen LogP contribution is -2.28. The fourth-order valence-electron chi connectivity index (χ4n) is 1.57. The Labute approximate surface area is 112 Å². The molecule has 3 nitrogen and oxygen atoms in total. The zero-order valence-corrected chi connectivity index (χ0v) is 12.6. The van der Waals surface area contributed by atoms with Crippen molar-refractivity contribution in [2.45, 2.75) is 6.54 Å². The van der Waals surface area contributed by atoms with Crippen molar-refractivity contribution in [3.05, 3.63) is 28.2 Å². The number of rotatable bonds is 6. The molecule has 0 atom stereocenters. The molecular formula is C13H21BrN2O. The summed E-state index contributed by atoms with van der Waals surface area (Å²) in [4.78, 5) is 4.51. The lowest BCUT2D eigenvalue weighted by molar-refractivity contribution is 0.276. The third-order valence-electron chi connectivity index (χ3n) is 2.60. The van der Waals surface area contributed by atoms with E-state index in [0.717, 1.165) is 29.9 Å². The van der Waals surface area contributed by atoms with Crippen LogP contribution in [0.5, 0.6) is 5.75 Å². The largest absolute Gasteiger partial charge is 0.496 e. The van der Waals surface area contributed by atoms with Crippen LogP contribution in [0.15, 0.2) is 22.7 Å². The van der Waals surface area contributed by atoms with Crippen LogP contribution in [0.1, 0.15) is 5.56 Å². The van der Waals surface area contributed by atoms with Gasteiger partial charge in [-0.1, -0.05) is 6.07 Å². The van der Waals surface area contributed by atoms with E-state index in [2.05, 4.69) is 59.0 Å². The number of hydrogen-bond acceptors (Lipinski definition) is 3. The Bertz CT molecular complexity index is 355. The Kier molecular flexibility index (Phi) is 5.95. The quantitative estimate of drug-likeness (QED) is 0.803. The van der Waals surface area contributed by atoms with E-state index >= 15 is 0 Å². The van der Waals surface area contributed by atoms with Crippen molar-refractivity contribution in [3.8, 4) is 5.75 Å². The second-order valence-corrected chi connectivity index (χ2v) is 5.36. The Hall–Kier alpha value is -0.580. The number of hydrogen-bond donors (Lipinski definition) is 0. The van der Waals surface area contributed by atoms with Gasteiger partial charge in [0.2, 0.25) is 0 Å². The normalized spacial score (nSPS) is 11.2. The maximum absolute atomic E-state index is 5.22. The van der Waals surface area contributed by atoms with Crippen molar-refractivity contribution in [1.82, 2.24) is 9.80 Å². The molecule has 0 saturated carbocycles. The van der Waals surface area contributed by atoms with Crippen LogP contribution in [0.3, 0.4) is 0 Å². The van der Waals surface area contributed by atoms with Gasteiger partial charge in [0.1, 0.15) is 5.75 Å². The molecule has 0 spiro atoms. The highest BCUT2D eigenvalue weighted by Crippen LogP contribution is 2.25. The minimum Gasteiger partial charge on any atom is -0.496 e. The lowest BCUT2D eigenvalue weighted by atomic mass is 10.2. The molecule has 0 amide bonds.